The Morgan fingerprint density at radius 1 is 0.733 bits per heavy atom. The van der Waals surface area contributed by atoms with Gasteiger partial charge in [-0.1, -0.05) is 0 Å². The number of rotatable bonds is 10. The molecule has 0 atom stereocenters. The molecule has 0 spiro atoms. The number of benzene rings is 2. The minimum Gasteiger partial charge on any atom is -0.507 e. The average Bonchev–Trinajstić information content (AvgIpc) is 2.71. The van der Waals surface area contributed by atoms with Crippen LogP contribution in [0, 0.1) is 0 Å². The number of hydrogen-bond acceptors (Lipinski definition) is 9. The summed E-state index contributed by atoms with van der Waals surface area (Å²) in [4.78, 5) is 35.3. The van der Waals surface area contributed by atoms with E-state index >= 15 is 0 Å². The first kappa shape index (κ1) is 22.5. The normalized spacial score (nSPS) is 10.2. The van der Waals surface area contributed by atoms with Crippen molar-refractivity contribution in [2.45, 2.75) is 13.8 Å². The van der Waals surface area contributed by atoms with E-state index in [2.05, 4.69) is 0 Å². The number of aromatic hydroxyl groups is 2. The smallest absolute Gasteiger partial charge is 0.344 e. The number of phenolic OH excluding ortho intramolecular Hbond substituents is 2. The van der Waals surface area contributed by atoms with E-state index in [1.165, 1.54) is 36.4 Å². The first-order chi connectivity index (χ1) is 14.3. The van der Waals surface area contributed by atoms with Gasteiger partial charge in [0.1, 0.15) is 23.0 Å². The van der Waals surface area contributed by atoms with Gasteiger partial charge in [0.2, 0.25) is 0 Å². The summed E-state index contributed by atoms with van der Waals surface area (Å²) < 4.78 is 19.9. The lowest BCUT2D eigenvalue weighted by atomic mass is 10.0. The first-order valence-electron chi connectivity index (χ1n) is 9.13. The largest absolute Gasteiger partial charge is 0.507 e. The Balaban J connectivity index is 2.08. The Labute approximate surface area is 172 Å². The van der Waals surface area contributed by atoms with Crippen LogP contribution in [0.1, 0.15) is 29.8 Å². The minimum atomic E-state index is -0.640. The molecule has 0 saturated heterocycles. The van der Waals surface area contributed by atoms with E-state index in [0.717, 1.165) is 0 Å². The Hall–Kier alpha value is -3.75. The number of carbonyl (C=O) groups is 3. The fourth-order valence-electron chi connectivity index (χ4n) is 2.42. The molecule has 160 valence electrons. The molecule has 0 radical (unpaired) electrons. The van der Waals surface area contributed by atoms with Gasteiger partial charge in [-0.15, -0.1) is 0 Å². The van der Waals surface area contributed by atoms with Gasteiger partial charge in [0.05, 0.1) is 24.3 Å². The first-order valence-corrected chi connectivity index (χ1v) is 9.13. The van der Waals surface area contributed by atoms with E-state index in [0.29, 0.717) is 0 Å². The highest BCUT2D eigenvalue weighted by Crippen LogP contribution is 2.30. The molecule has 2 aromatic rings. The predicted molar refractivity (Wildman–Crippen MR) is 104 cm³/mol. The van der Waals surface area contributed by atoms with Crippen molar-refractivity contribution < 1.29 is 43.5 Å². The highest BCUT2D eigenvalue weighted by Gasteiger charge is 2.19. The van der Waals surface area contributed by atoms with Gasteiger partial charge in [0, 0.05) is 12.1 Å². The molecule has 0 fully saturated rings. The van der Waals surface area contributed by atoms with Crippen molar-refractivity contribution >= 4 is 17.7 Å². The van der Waals surface area contributed by atoms with Gasteiger partial charge in [0.15, 0.2) is 19.0 Å². The Morgan fingerprint density at radius 2 is 1.13 bits per heavy atom. The lowest BCUT2D eigenvalue weighted by Gasteiger charge is -2.11. The summed E-state index contributed by atoms with van der Waals surface area (Å²) in [5, 5.41) is 20.3. The molecular formula is C21H22O9. The number of esters is 2. The maximum absolute atomic E-state index is 12.7. The topological polar surface area (TPSA) is 129 Å². The summed E-state index contributed by atoms with van der Waals surface area (Å²) in [5.74, 6) is -2.20. The van der Waals surface area contributed by atoms with Crippen molar-refractivity contribution in [3.63, 3.8) is 0 Å². The summed E-state index contributed by atoms with van der Waals surface area (Å²) in [6, 6.07) is 7.78. The van der Waals surface area contributed by atoms with Crippen molar-refractivity contribution in [3.05, 3.63) is 47.5 Å². The number of carbonyl (C=O) groups excluding carboxylic acids is 3. The van der Waals surface area contributed by atoms with E-state index in [1.54, 1.807) is 13.8 Å². The highest BCUT2D eigenvalue weighted by atomic mass is 16.6. The Bertz CT molecular complexity index is 847. The van der Waals surface area contributed by atoms with Crippen LogP contribution in [0.5, 0.6) is 23.0 Å². The van der Waals surface area contributed by atoms with Crippen LogP contribution in [0.2, 0.25) is 0 Å². The fourth-order valence-corrected chi connectivity index (χ4v) is 2.42. The second-order valence-corrected chi connectivity index (χ2v) is 5.87. The van der Waals surface area contributed by atoms with Crippen molar-refractivity contribution in [3.8, 4) is 23.0 Å². The van der Waals surface area contributed by atoms with Crippen LogP contribution in [0.4, 0.5) is 0 Å². The zero-order valence-corrected chi connectivity index (χ0v) is 16.5. The summed E-state index contributed by atoms with van der Waals surface area (Å²) in [7, 11) is 0. The van der Waals surface area contributed by atoms with Gasteiger partial charge in [-0.25, -0.2) is 9.59 Å². The molecule has 0 aliphatic heterocycles. The molecule has 2 rings (SSSR count). The van der Waals surface area contributed by atoms with Gasteiger partial charge in [-0.2, -0.15) is 0 Å². The van der Waals surface area contributed by atoms with E-state index < -0.39 is 17.7 Å². The van der Waals surface area contributed by atoms with Crippen molar-refractivity contribution in [1.29, 1.82) is 0 Å². The number of ether oxygens (including phenoxy) is 4. The lowest BCUT2D eigenvalue weighted by Crippen LogP contribution is -2.14. The standard InChI is InChI=1S/C21H22O9/c1-3-27-19(24)11-29-13-5-7-15(17(22)9-13)21(26)16-8-6-14(10-18(16)23)30-12-20(25)28-4-2/h5-10,22-23H,3-4,11-12H2,1-2H3. The highest BCUT2D eigenvalue weighted by molar-refractivity contribution is 6.12. The van der Waals surface area contributed by atoms with E-state index in [4.69, 9.17) is 18.9 Å². The molecule has 0 bridgehead atoms. The zero-order valence-electron chi connectivity index (χ0n) is 16.5. The Morgan fingerprint density at radius 3 is 1.47 bits per heavy atom. The third-order valence-corrected chi connectivity index (χ3v) is 3.75. The van der Waals surface area contributed by atoms with Crippen LogP contribution in [0.25, 0.3) is 0 Å². The zero-order chi connectivity index (χ0) is 22.1. The SMILES string of the molecule is CCOC(=O)COc1ccc(C(=O)c2ccc(OCC(=O)OCC)cc2O)c(O)c1. The molecular weight excluding hydrogens is 396 g/mol. The molecule has 0 aliphatic rings. The third-order valence-electron chi connectivity index (χ3n) is 3.75. The summed E-state index contributed by atoms with van der Waals surface area (Å²) >= 11 is 0. The summed E-state index contributed by atoms with van der Waals surface area (Å²) in [5.41, 5.74) is -0.150. The molecule has 9 heteroatoms. The van der Waals surface area contributed by atoms with Crippen molar-refractivity contribution in [2.75, 3.05) is 26.4 Å². The monoisotopic (exact) mass is 418 g/mol. The summed E-state index contributed by atoms with van der Waals surface area (Å²) in [6.07, 6.45) is 0. The maximum atomic E-state index is 12.7. The average molecular weight is 418 g/mol. The Kier molecular flexibility index (Phi) is 8.04. The second kappa shape index (κ2) is 10.7. The molecule has 0 saturated carbocycles. The van der Waals surface area contributed by atoms with Crippen LogP contribution in [0.15, 0.2) is 36.4 Å². The molecule has 0 heterocycles. The molecule has 0 amide bonds. The van der Waals surface area contributed by atoms with Crippen molar-refractivity contribution in [2.24, 2.45) is 0 Å². The van der Waals surface area contributed by atoms with Crippen LogP contribution < -0.4 is 9.47 Å². The molecule has 0 aliphatic carbocycles. The number of hydrogen-bond donors (Lipinski definition) is 2. The van der Waals surface area contributed by atoms with Gasteiger partial charge in [-0.05, 0) is 38.1 Å². The number of phenols is 2. The van der Waals surface area contributed by atoms with Crippen LogP contribution in [0.3, 0.4) is 0 Å². The van der Waals surface area contributed by atoms with Gasteiger partial charge in [0.25, 0.3) is 0 Å². The van der Waals surface area contributed by atoms with E-state index in [1.807, 2.05) is 0 Å². The quantitative estimate of drug-likeness (QED) is 0.441. The number of ketones is 1. The third kappa shape index (κ3) is 6.13. The van der Waals surface area contributed by atoms with Gasteiger partial charge < -0.3 is 29.2 Å². The second-order valence-electron chi connectivity index (χ2n) is 5.87. The van der Waals surface area contributed by atoms with Crippen LogP contribution in [-0.2, 0) is 19.1 Å². The lowest BCUT2D eigenvalue weighted by molar-refractivity contribution is -0.146. The fraction of sp³-hybridized carbons (Fsp3) is 0.286. The van der Waals surface area contributed by atoms with Gasteiger partial charge in [-0.3, -0.25) is 4.79 Å². The molecule has 9 nitrogen and oxygen atoms in total. The predicted octanol–water partition coefficient (Wildman–Crippen LogP) is 2.21. The molecule has 2 N–H and O–H groups in total. The molecule has 30 heavy (non-hydrogen) atoms. The molecule has 0 aromatic heterocycles. The van der Waals surface area contributed by atoms with E-state index in [9.17, 15) is 24.6 Å². The van der Waals surface area contributed by atoms with Crippen LogP contribution >= 0.6 is 0 Å². The van der Waals surface area contributed by atoms with Gasteiger partial charge >= 0.3 is 11.9 Å². The van der Waals surface area contributed by atoms with Crippen molar-refractivity contribution in [1.82, 2.24) is 0 Å². The van der Waals surface area contributed by atoms with Crippen LogP contribution in [-0.4, -0.2) is 54.4 Å². The van der Waals surface area contributed by atoms with E-state index in [-0.39, 0.29) is 60.6 Å². The minimum absolute atomic E-state index is 0.0750. The molecule has 0 unspecified atom stereocenters. The molecule has 2 aromatic carbocycles. The maximum Gasteiger partial charge on any atom is 0.344 e. The summed E-state index contributed by atoms with van der Waals surface area (Å²) in [6.45, 7) is 3.09.